The van der Waals surface area contributed by atoms with Crippen LogP contribution in [0.25, 0.3) is 0 Å². The van der Waals surface area contributed by atoms with E-state index in [1.165, 1.54) is 6.42 Å². The van der Waals surface area contributed by atoms with Gasteiger partial charge in [-0.25, -0.2) is 0 Å². The molecule has 1 aliphatic rings. The first-order chi connectivity index (χ1) is 10.7. The van der Waals surface area contributed by atoms with Crippen LogP contribution >= 0.6 is 0 Å². The highest BCUT2D eigenvalue weighted by atomic mass is 16.3. The normalized spacial score (nSPS) is 15.3. The van der Waals surface area contributed by atoms with Gasteiger partial charge in [-0.1, -0.05) is 6.92 Å². The molecule has 0 atom stereocenters. The molecule has 0 aromatic carbocycles. The fourth-order valence-corrected chi connectivity index (χ4v) is 2.91. The van der Waals surface area contributed by atoms with Crippen LogP contribution in [-0.4, -0.2) is 52.0 Å². The summed E-state index contributed by atoms with van der Waals surface area (Å²) in [6, 6.07) is 3.72. The molecule has 1 aromatic rings. The molecule has 1 saturated heterocycles. The van der Waals surface area contributed by atoms with Gasteiger partial charge in [0.05, 0.1) is 18.8 Å². The number of nitrogens with zero attached hydrogens (tertiary/aromatic N) is 3. The van der Waals surface area contributed by atoms with Gasteiger partial charge in [0.1, 0.15) is 0 Å². The highest BCUT2D eigenvalue weighted by Crippen LogP contribution is 2.11. The van der Waals surface area contributed by atoms with Gasteiger partial charge in [-0.15, -0.1) is 0 Å². The van der Waals surface area contributed by atoms with Gasteiger partial charge in [-0.05, 0) is 49.9 Å². The van der Waals surface area contributed by atoms with E-state index >= 15 is 0 Å². The fraction of sp³-hybridized carbons (Fsp3) is 0.647. The third-order valence-corrected chi connectivity index (χ3v) is 4.06. The van der Waals surface area contributed by atoms with Crippen molar-refractivity contribution in [2.24, 2.45) is 0 Å². The zero-order valence-corrected chi connectivity index (χ0v) is 13.5. The number of piperidine rings is 1. The summed E-state index contributed by atoms with van der Waals surface area (Å²) in [5, 5.41) is 9.21. The van der Waals surface area contributed by atoms with Crippen molar-refractivity contribution in [1.82, 2.24) is 14.8 Å². The van der Waals surface area contributed by atoms with Crippen LogP contribution < -0.4 is 0 Å². The Balaban J connectivity index is 1.94. The Morgan fingerprint density at radius 3 is 2.82 bits per heavy atom. The van der Waals surface area contributed by atoms with Crippen molar-refractivity contribution in [3.63, 3.8) is 0 Å². The van der Waals surface area contributed by atoms with E-state index in [2.05, 4.69) is 16.8 Å². The number of carbonyl (C=O) groups is 1. The summed E-state index contributed by atoms with van der Waals surface area (Å²) in [6.45, 7) is 5.94. The van der Waals surface area contributed by atoms with Crippen molar-refractivity contribution < 1.29 is 9.90 Å². The average molecular weight is 305 g/mol. The van der Waals surface area contributed by atoms with Crippen molar-refractivity contribution in [1.29, 1.82) is 0 Å². The number of aromatic nitrogens is 1. The lowest BCUT2D eigenvalue weighted by Crippen LogP contribution is -2.42. The van der Waals surface area contributed by atoms with E-state index in [0.29, 0.717) is 13.1 Å². The largest absolute Gasteiger partial charge is 0.392 e. The zero-order valence-electron chi connectivity index (χ0n) is 13.5. The van der Waals surface area contributed by atoms with Crippen LogP contribution in [0.4, 0.5) is 0 Å². The highest BCUT2D eigenvalue weighted by molar-refractivity contribution is 5.78. The molecule has 22 heavy (non-hydrogen) atoms. The van der Waals surface area contributed by atoms with Crippen LogP contribution in [0.2, 0.25) is 0 Å². The van der Waals surface area contributed by atoms with Gasteiger partial charge in [-0.3, -0.25) is 14.7 Å². The van der Waals surface area contributed by atoms with Crippen molar-refractivity contribution in [2.75, 3.05) is 26.2 Å². The second-order valence-corrected chi connectivity index (χ2v) is 5.97. The fourth-order valence-electron chi connectivity index (χ4n) is 2.91. The minimum absolute atomic E-state index is 0.0238. The minimum atomic E-state index is 0.0238. The van der Waals surface area contributed by atoms with Gasteiger partial charge in [0.15, 0.2) is 0 Å². The summed E-state index contributed by atoms with van der Waals surface area (Å²) in [4.78, 5) is 20.9. The minimum Gasteiger partial charge on any atom is -0.392 e. The molecule has 1 aromatic heterocycles. The SMILES string of the molecule is CCCN(CC(=O)N1CCCCC1)Cc1cc(CO)ccn1. The smallest absolute Gasteiger partial charge is 0.236 e. The van der Waals surface area contributed by atoms with E-state index in [1.54, 1.807) is 6.20 Å². The Morgan fingerprint density at radius 2 is 2.14 bits per heavy atom. The molecule has 1 fully saturated rings. The van der Waals surface area contributed by atoms with Crippen LogP contribution in [0.1, 0.15) is 43.9 Å². The summed E-state index contributed by atoms with van der Waals surface area (Å²) < 4.78 is 0. The average Bonchev–Trinajstić information content (AvgIpc) is 2.56. The van der Waals surface area contributed by atoms with Gasteiger partial charge in [-0.2, -0.15) is 0 Å². The highest BCUT2D eigenvalue weighted by Gasteiger charge is 2.19. The van der Waals surface area contributed by atoms with Gasteiger partial charge in [0.2, 0.25) is 5.91 Å². The van der Waals surface area contributed by atoms with E-state index in [0.717, 1.165) is 50.2 Å². The number of amides is 1. The molecular weight excluding hydrogens is 278 g/mol. The monoisotopic (exact) mass is 305 g/mol. The van der Waals surface area contributed by atoms with E-state index in [-0.39, 0.29) is 12.5 Å². The number of likely N-dealkylation sites (tertiary alicyclic amines) is 1. The molecule has 0 saturated carbocycles. The Kier molecular flexibility index (Phi) is 6.80. The molecule has 122 valence electrons. The zero-order chi connectivity index (χ0) is 15.8. The van der Waals surface area contributed by atoms with Crippen LogP contribution in [0.3, 0.4) is 0 Å². The molecule has 2 rings (SSSR count). The summed E-state index contributed by atoms with van der Waals surface area (Å²) in [7, 11) is 0. The number of rotatable bonds is 7. The lowest BCUT2D eigenvalue weighted by atomic mass is 10.1. The second kappa shape index (κ2) is 8.86. The first-order valence-electron chi connectivity index (χ1n) is 8.27. The third-order valence-electron chi connectivity index (χ3n) is 4.06. The number of pyridine rings is 1. The van der Waals surface area contributed by atoms with Gasteiger partial charge >= 0.3 is 0 Å². The topological polar surface area (TPSA) is 56.7 Å². The number of carbonyl (C=O) groups excluding carboxylic acids is 1. The number of aliphatic hydroxyl groups excluding tert-OH is 1. The molecule has 5 nitrogen and oxygen atoms in total. The van der Waals surface area contributed by atoms with Gasteiger partial charge in [0.25, 0.3) is 0 Å². The predicted octanol–water partition coefficient (Wildman–Crippen LogP) is 1.80. The van der Waals surface area contributed by atoms with E-state index in [1.807, 2.05) is 17.0 Å². The van der Waals surface area contributed by atoms with E-state index in [4.69, 9.17) is 0 Å². The predicted molar refractivity (Wildman–Crippen MR) is 86.2 cm³/mol. The number of aliphatic hydroxyl groups is 1. The van der Waals surface area contributed by atoms with Crippen molar-refractivity contribution in [3.8, 4) is 0 Å². The van der Waals surface area contributed by atoms with Crippen LogP contribution in [0.5, 0.6) is 0 Å². The standard InChI is InChI=1S/C17H27N3O2/c1-2-8-19(12-16-11-15(14-21)6-7-18-16)13-17(22)20-9-4-3-5-10-20/h6-7,11,21H,2-5,8-10,12-14H2,1H3. The molecular formula is C17H27N3O2. The van der Waals surface area contributed by atoms with Crippen molar-refractivity contribution in [2.45, 2.75) is 45.8 Å². The van der Waals surface area contributed by atoms with Gasteiger partial charge in [0, 0.05) is 25.8 Å². The Bertz CT molecular complexity index is 473. The molecule has 5 heteroatoms. The molecule has 1 amide bonds. The maximum atomic E-state index is 12.4. The molecule has 0 bridgehead atoms. The number of hydrogen-bond donors (Lipinski definition) is 1. The van der Waals surface area contributed by atoms with E-state index in [9.17, 15) is 9.90 Å². The Hall–Kier alpha value is -1.46. The van der Waals surface area contributed by atoms with Gasteiger partial charge < -0.3 is 10.0 Å². The molecule has 1 aliphatic heterocycles. The molecule has 2 heterocycles. The maximum absolute atomic E-state index is 12.4. The Labute approximate surface area is 132 Å². The number of hydrogen-bond acceptors (Lipinski definition) is 4. The van der Waals surface area contributed by atoms with Crippen molar-refractivity contribution >= 4 is 5.91 Å². The van der Waals surface area contributed by atoms with E-state index < -0.39 is 0 Å². The summed E-state index contributed by atoms with van der Waals surface area (Å²) in [6.07, 6.45) is 6.21. The first-order valence-corrected chi connectivity index (χ1v) is 8.27. The van der Waals surface area contributed by atoms with Crippen molar-refractivity contribution in [3.05, 3.63) is 29.6 Å². The van der Waals surface area contributed by atoms with Crippen LogP contribution in [-0.2, 0) is 17.9 Å². The first kappa shape index (κ1) is 16.9. The van der Waals surface area contributed by atoms with Crippen LogP contribution in [0, 0.1) is 0 Å². The molecule has 0 radical (unpaired) electrons. The molecule has 1 N–H and O–H groups in total. The lowest BCUT2D eigenvalue weighted by molar-refractivity contribution is -0.133. The lowest BCUT2D eigenvalue weighted by Gasteiger charge is -2.29. The summed E-state index contributed by atoms with van der Waals surface area (Å²) in [5.41, 5.74) is 1.77. The molecule has 0 spiro atoms. The molecule has 0 aliphatic carbocycles. The Morgan fingerprint density at radius 1 is 1.36 bits per heavy atom. The quantitative estimate of drug-likeness (QED) is 0.834. The van der Waals surface area contributed by atoms with Crippen LogP contribution in [0.15, 0.2) is 18.3 Å². The maximum Gasteiger partial charge on any atom is 0.236 e. The third kappa shape index (κ3) is 5.07. The summed E-state index contributed by atoms with van der Waals surface area (Å²) >= 11 is 0. The molecule has 0 unspecified atom stereocenters. The summed E-state index contributed by atoms with van der Waals surface area (Å²) in [5.74, 6) is 0.228. The second-order valence-electron chi connectivity index (χ2n) is 5.97.